The number of ether oxygens (including phenoxy) is 1. The van der Waals surface area contributed by atoms with Crippen LogP contribution in [0, 0.1) is 0 Å². The monoisotopic (exact) mass is 303 g/mol. The van der Waals surface area contributed by atoms with Crippen LogP contribution in [0.15, 0.2) is 42.5 Å². The quantitative estimate of drug-likeness (QED) is 0.595. The van der Waals surface area contributed by atoms with E-state index < -0.39 is 6.10 Å². The Hall–Kier alpha value is -2.34. The molecule has 0 heterocycles. The second-order valence-electron chi connectivity index (χ2n) is 4.46. The summed E-state index contributed by atoms with van der Waals surface area (Å²) in [6.07, 6.45) is -0.640. The molecule has 6 heteroatoms. The van der Waals surface area contributed by atoms with E-state index in [2.05, 4.69) is 16.2 Å². The molecular weight excluding hydrogens is 286 g/mol. The molecule has 2 aromatic rings. The Labute approximate surface area is 128 Å². The minimum Gasteiger partial charge on any atom is -0.481 e. The molecule has 110 valence electrons. The maximum Gasteiger partial charge on any atom is 0.279 e. The van der Waals surface area contributed by atoms with Gasteiger partial charge < -0.3 is 10.1 Å². The molecule has 0 aromatic heterocycles. The first-order valence-electron chi connectivity index (χ1n) is 6.53. The maximum atomic E-state index is 11.8. The van der Waals surface area contributed by atoms with E-state index in [1.807, 2.05) is 42.5 Å². The number of nitrogens with one attached hydrogen (secondary N) is 3. The van der Waals surface area contributed by atoms with Crippen molar-refractivity contribution in [2.45, 2.75) is 13.0 Å². The van der Waals surface area contributed by atoms with Gasteiger partial charge in [0.2, 0.25) is 0 Å². The summed E-state index contributed by atoms with van der Waals surface area (Å²) in [5.74, 6) is 0.341. The Morgan fingerprint density at radius 1 is 1.14 bits per heavy atom. The highest BCUT2D eigenvalue weighted by Gasteiger charge is 2.14. The zero-order chi connectivity index (χ0) is 15.2. The highest BCUT2D eigenvalue weighted by Crippen LogP contribution is 2.21. The minimum atomic E-state index is -0.640. The van der Waals surface area contributed by atoms with Crippen molar-refractivity contribution in [1.29, 1.82) is 0 Å². The second kappa shape index (κ2) is 6.90. The van der Waals surface area contributed by atoms with E-state index >= 15 is 0 Å². The smallest absolute Gasteiger partial charge is 0.279 e. The normalized spacial score (nSPS) is 11.5. The van der Waals surface area contributed by atoms with E-state index in [-0.39, 0.29) is 5.91 Å². The molecule has 0 aliphatic heterocycles. The van der Waals surface area contributed by atoms with Gasteiger partial charge in [-0.15, -0.1) is 0 Å². The fraction of sp³-hybridized carbons (Fsp3) is 0.200. The van der Waals surface area contributed by atoms with Gasteiger partial charge in [-0.2, -0.15) is 0 Å². The molecule has 2 aromatic carbocycles. The van der Waals surface area contributed by atoms with Gasteiger partial charge in [-0.05, 0) is 42.0 Å². The Bertz CT molecular complexity index is 660. The van der Waals surface area contributed by atoms with Gasteiger partial charge in [-0.25, -0.2) is 0 Å². The van der Waals surface area contributed by atoms with Crippen molar-refractivity contribution < 1.29 is 9.53 Å². The van der Waals surface area contributed by atoms with E-state index in [1.165, 1.54) is 0 Å². The number of thiocarbonyl (C=S) groups is 1. The number of hydrogen-bond donors (Lipinski definition) is 3. The van der Waals surface area contributed by atoms with Crippen LogP contribution in [-0.2, 0) is 4.79 Å². The topological polar surface area (TPSA) is 62.4 Å². The second-order valence-corrected chi connectivity index (χ2v) is 4.87. The molecule has 0 radical (unpaired) electrons. The molecule has 0 unspecified atom stereocenters. The number of carbonyl (C=O) groups is 1. The Balaban J connectivity index is 1.98. The van der Waals surface area contributed by atoms with Crippen molar-refractivity contribution in [1.82, 2.24) is 16.2 Å². The summed E-state index contributed by atoms with van der Waals surface area (Å²) >= 11 is 4.87. The third-order valence-electron chi connectivity index (χ3n) is 2.93. The van der Waals surface area contributed by atoms with Crippen LogP contribution < -0.4 is 20.9 Å². The van der Waals surface area contributed by atoms with E-state index in [0.717, 1.165) is 10.8 Å². The predicted octanol–water partition coefficient (Wildman–Crippen LogP) is 1.73. The number of amides is 1. The Morgan fingerprint density at radius 2 is 1.86 bits per heavy atom. The first-order chi connectivity index (χ1) is 10.1. The van der Waals surface area contributed by atoms with Gasteiger partial charge in [0.1, 0.15) is 5.75 Å². The van der Waals surface area contributed by atoms with E-state index in [4.69, 9.17) is 17.0 Å². The number of carbonyl (C=O) groups excluding carboxylic acids is 1. The van der Waals surface area contributed by atoms with Crippen molar-refractivity contribution >= 4 is 34.0 Å². The van der Waals surface area contributed by atoms with E-state index in [1.54, 1.807) is 14.0 Å². The lowest BCUT2D eigenvalue weighted by atomic mass is 10.1. The predicted molar refractivity (Wildman–Crippen MR) is 87.0 cm³/mol. The lowest BCUT2D eigenvalue weighted by Crippen LogP contribution is -2.49. The molecule has 0 saturated carbocycles. The SMILES string of the molecule is CNC(=S)NNC(=O)[C@H](C)Oc1ccc2ccccc2c1. The summed E-state index contributed by atoms with van der Waals surface area (Å²) in [5, 5.41) is 5.22. The van der Waals surface area contributed by atoms with E-state index in [9.17, 15) is 4.79 Å². The van der Waals surface area contributed by atoms with Crippen molar-refractivity contribution in [3.05, 3.63) is 42.5 Å². The Morgan fingerprint density at radius 3 is 2.57 bits per heavy atom. The number of hydrazine groups is 1. The van der Waals surface area contributed by atoms with Gasteiger partial charge in [0.25, 0.3) is 5.91 Å². The zero-order valence-electron chi connectivity index (χ0n) is 11.8. The highest BCUT2D eigenvalue weighted by atomic mass is 32.1. The fourth-order valence-electron chi connectivity index (χ4n) is 1.78. The molecule has 2 rings (SSSR count). The summed E-state index contributed by atoms with van der Waals surface area (Å²) in [6, 6.07) is 13.7. The van der Waals surface area contributed by atoms with Crippen LogP contribution in [0.5, 0.6) is 5.75 Å². The van der Waals surface area contributed by atoms with Crippen molar-refractivity contribution in [3.63, 3.8) is 0 Å². The van der Waals surface area contributed by atoms with Crippen LogP contribution in [0.1, 0.15) is 6.92 Å². The van der Waals surface area contributed by atoms with Crippen molar-refractivity contribution in [2.24, 2.45) is 0 Å². The highest BCUT2D eigenvalue weighted by molar-refractivity contribution is 7.80. The van der Waals surface area contributed by atoms with Crippen LogP contribution in [0.2, 0.25) is 0 Å². The number of benzene rings is 2. The van der Waals surface area contributed by atoms with Crippen LogP contribution in [0.4, 0.5) is 0 Å². The largest absolute Gasteiger partial charge is 0.481 e. The van der Waals surface area contributed by atoms with Crippen molar-refractivity contribution in [2.75, 3.05) is 7.05 Å². The van der Waals surface area contributed by atoms with Crippen LogP contribution in [0.3, 0.4) is 0 Å². The molecule has 0 saturated heterocycles. The number of rotatable bonds is 3. The lowest BCUT2D eigenvalue weighted by Gasteiger charge is -2.16. The molecule has 21 heavy (non-hydrogen) atoms. The van der Waals surface area contributed by atoms with Gasteiger partial charge >= 0.3 is 0 Å². The van der Waals surface area contributed by atoms with Crippen LogP contribution in [-0.4, -0.2) is 24.2 Å². The molecular formula is C15H17N3O2S. The molecule has 1 amide bonds. The number of hydrogen-bond acceptors (Lipinski definition) is 3. The van der Waals surface area contributed by atoms with E-state index in [0.29, 0.717) is 10.9 Å². The lowest BCUT2D eigenvalue weighted by molar-refractivity contribution is -0.127. The third-order valence-corrected chi connectivity index (χ3v) is 3.24. The zero-order valence-corrected chi connectivity index (χ0v) is 12.7. The molecule has 1 atom stereocenters. The van der Waals surface area contributed by atoms with Gasteiger partial charge in [-0.3, -0.25) is 15.6 Å². The summed E-state index contributed by atoms with van der Waals surface area (Å²) < 4.78 is 5.63. The first kappa shape index (κ1) is 15.1. The molecule has 0 bridgehead atoms. The molecule has 0 spiro atoms. The summed E-state index contributed by atoms with van der Waals surface area (Å²) in [4.78, 5) is 11.8. The average molecular weight is 303 g/mol. The summed E-state index contributed by atoms with van der Waals surface area (Å²) in [6.45, 7) is 1.68. The standard InChI is InChI=1S/C15H17N3O2S/c1-10(14(19)17-18-15(21)16-2)20-13-8-7-11-5-3-4-6-12(11)9-13/h3-10H,1-2H3,(H,17,19)(H2,16,18,21)/t10-/m0/s1. The maximum absolute atomic E-state index is 11.8. The molecule has 0 fully saturated rings. The summed E-state index contributed by atoms with van der Waals surface area (Å²) in [5.41, 5.74) is 5.04. The molecule has 0 aliphatic carbocycles. The Kier molecular flexibility index (Phi) is 4.94. The van der Waals surface area contributed by atoms with Gasteiger partial charge in [0.05, 0.1) is 0 Å². The summed E-state index contributed by atoms with van der Waals surface area (Å²) in [7, 11) is 1.66. The number of fused-ring (bicyclic) bond motifs is 1. The molecule has 5 nitrogen and oxygen atoms in total. The molecule has 0 aliphatic rings. The van der Waals surface area contributed by atoms with Gasteiger partial charge in [-0.1, -0.05) is 30.3 Å². The van der Waals surface area contributed by atoms with Crippen LogP contribution >= 0.6 is 12.2 Å². The molecule has 3 N–H and O–H groups in total. The fourth-order valence-corrected chi connectivity index (χ4v) is 1.83. The minimum absolute atomic E-state index is 0.305. The third kappa shape index (κ3) is 4.06. The van der Waals surface area contributed by atoms with Gasteiger partial charge in [0.15, 0.2) is 11.2 Å². The van der Waals surface area contributed by atoms with Crippen molar-refractivity contribution in [3.8, 4) is 5.75 Å². The van der Waals surface area contributed by atoms with Gasteiger partial charge in [0, 0.05) is 7.05 Å². The first-order valence-corrected chi connectivity index (χ1v) is 6.94. The van der Waals surface area contributed by atoms with Crippen LogP contribution in [0.25, 0.3) is 10.8 Å². The average Bonchev–Trinajstić information content (AvgIpc) is 2.51.